The number of aryl methyl sites for hydroxylation is 1. The number of ether oxygens (including phenoxy) is 1. The average molecular weight is 491 g/mol. The number of carbonyl (C=O) groups is 1. The molecule has 0 aliphatic heterocycles. The highest BCUT2D eigenvalue weighted by atomic mass is 19.4. The number of hydrogen-bond acceptors (Lipinski definition) is 5. The third-order valence-electron chi connectivity index (χ3n) is 5.50. The average Bonchev–Trinajstić information content (AvgIpc) is 3.22. The number of benzene rings is 3. The van der Waals surface area contributed by atoms with Gasteiger partial charge in [-0.1, -0.05) is 6.07 Å². The zero-order chi connectivity index (χ0) is 25.9. The van der Waals surface area contributed by atoms with Crippen LogP contribution in [0.25, 0.3) is 11.4 Å². The fourth-order valence-electron chi connectivity index (χ4n) is 3.54. The van der Waals surface area contributed by atoms with Gasteiger partial charge in [0.15, 0.2) is 11.6 Å². The predicted molar refractivity (Wildman–Crippen MR) is 126 cm³/mol. The van der Waals surface area contributed by atoms with E-state index in [1.807, 2.05) is 6.07 Å². The van der Waals surface area contributed by atoms with E-state index >= 15 is 0 Å². The first kappa shape index (κ1) is 24.5. The number of nitrogens with zero attached hydrogens (tertiary/aromatic N) is 4. The monoisotopic (exact) mass is 491 g/mol. The van der Waals surface area contributed by atoms with Crippen molar-refractivity contribution in [3.8, 4) is 23.2 Å². The first-order chi connectivity index (χ1) is 17.2. The number of amides is 1. The molecule has 0 atom stereocenters. The minimum absolute atomic E-state index is 0.0666. The summed E-state index contributed by atoms with van der Waals surface area (Å²) in [6.07, 6.45) is -4.45. The molecule has 0 saturated carbocycles. The maximum absolute atomic E-state index is 12.9. The van der Waals surface area contributed by atoms with E-state index in [2.05, 4.69) is 15.5 Å². The topological polar surface area (TPSA) is 92.8 Å². The largest absolute Gasteiger partial charge is 0.486 e. The molecule has 0 aliphatic carbocycles. The van der Waals surface area contributed by atoms with Crippen LogP contribution in [-0.4, -0.2) is 20.7 Å². The molecule has 1 amide bonds. The van der Waals surface area contributed by atoms with Crippen LogP contribution in [0, 0.1) is 18.3 Å². The quantitative estimate of drug-likeness (QED) is 0.384. The minimum atomic E-state index is -4.45. The first-order valence-electron chi connectivity index (χ1n) is 10.8. The van der Waals surface area contributed by atoms with E-state index < -0.39 is 11.7 Å². The van der Waals surface area contributed by atoms with E-state index in [1.54, 1.807) is 61.0 Å². The molecular weight excluding hydrogens is 471 g/mol. The standard InChI is InChI=1S/C26H20F3N5O2/c1-16-12-17(14-30)6-11-22(16)25(35)31-20-9-7-18(8-10-20)24-33-32-23(34(24)2)15-36-21-5-3-4-19(13-21)26(27,28)29/h3-13H,15H2,1-2H3,(H,31,35). The Kier molecular flexibility index (Phi) is 6.74. The van der Waals surface area contributed by atoms with Gasteiger partial charge in [-0.15, -0.1) is 10.2 Å². The highest BCUT2D eigenvalue weighted by Crippen LogP contribution is 2.31. The number of anilines is 1. The lowest BCUT2D eigenvalue weighted by Gasteiger charge is -2.10. The van der Waals surface area contributed by atoms with Crippen LogP contribution in [0.4, 0.5) is 18.9 Å². The fourth-order valence-corrected chi connectivity index (χ4v) is 3.54. The van der Waals surface area contributed by atoms with E-state index in [4.69, 9.17) is 10.00 Å². The van der Waals surface area contributed by atoms with Crippen molar-refractivity contribution in [1.82, 2.24) is 14.8 Å². The summed E-state index contributed by atoms with van der Waals surface area (Å²) in [7, 11) is 1.73. The van der Waals surface area contributed by atoms with Crippen molar-refractivity contribution < 1.29 is 22.7 Å². The molecule has 3 aromatic carbocycles. The SMILES string of the molecule is Cc1cc(C#N)ccc1C(=O)Nc1ccc(-c2nnc(COc3cccc(C(F)(F)F)c3)n2C)cc1. The van der Waals surface area contributed by atoms with Crippen molar-refractivity contribution in [2.75, 3.05) is 5.32 Å². The van der Waals surface area contributed by atoms with Crippen molar-refractivity contribution in [2.45, 2.75) is 19.7 Å². The van der Waals surface area contributed by atoms with Crippen LogP contribution in [0.5, 0.6) is 5.75 Å². The third kappa shape index (κ3) is 5.36. The van der Waals surface area contributed by atoms with Gasteiger partial charge in [0.1, 0.15) is 12.4 Å². The van der Waals surface area contributed by atoms with Crippen LogP contribution in [0.3, 0.4) is 0 Å². The smallest absolute Gasteiger partial charge is 0.416 e. The van der Waals surface area contributed by atoms with E-state index in [0.717, 1.165) is 17.7 Å². The molecule has 10 heteroatoms. The second-order valence-corrected chi connectivity index (χ2v) is 7.99. The zero-order valence-corrected chi connectivity index (χ0v) is 19.3. The Morgan fingerprint density at radius 2 is 1.83 bits per heavy atom. The van der Waals surface area contributed by atoms with Crippen LogP contribution < -0.4 is 10.1 Å². The van der Waals surface area contributed by atoms with Crippen molar-refractivity contribution in [3.05, 3.63) is 94.8 Å². The van der Waals surface area contributed by atoms with Crippen LogP contribution in [0.15, 0.2) is 66.7 Å². The van der Waals surface area contributed by atoms with E-state index in [9.17, 15) is 18.0 Å². The number of aromatic nitrogens is 3. The summed E-state index contributed by atoms with van der Waals surface area (Å²) in [6, 6.07) is 18.5. The van der Waals surface area contributed by atoms with Gasteiger partial charge in [-0.25, -0.2) is 0 Å². The molecule has 1 heterocycles. The molecule has 0 fully saturated rings. The van der Waals surface area contributed by atoms with Crippen LogP contribution in [0.2, 0.25) is 0 Å². The summed E-state index contributed by atoms with van der Waals surface area (Å²) in [5, 5.41) is 20.1. The molecule has 0 unspecified atom stereocenters. The molecule has 1 aromatic heterocycles. The molecule has 0 radical (unpaired) electrons. The zero-order valence-electron chi connectivity index (χ0n) is 19.3. The molecule has 0 aliphatic rings. The van der Waals surface area contributed by atoms with Gasteiger partial charge >= 0.3 is 6.18 Å². The van der Waals surface area contributed by atoms with Gasteiger partial charge in [0.05, 0.1) is 17.2 Å². The van der Waals surface area contributed by atoms with Gasteiger partial charge in [-0.3, -0.25) is 4.79 Å². The second kappa shape index (κ2) is 9.92. The number of halogens is 3. The van der Waals surface area contributed by atoms with Gasteiger partial charge < -0.3 is 14.6 Å². The van der Waals surface area contributed by atoms with Gasteiger partial charge in [-0.05, 0) is 73.2 Å². The molecule has 4 rings (SSSR count). The molecule has 0 saturated heterocycles. The van der Waals surface area contributed by atoms with E-state index in [-0.39, 0.29) is 18.3 Å². The summed E-state index contributed by atoms with van der Waals surface area (Å²) in [6.45, 7) is 1.70. The molecule has 4 aromatic rings. The Balaban J connectivity index is 1.43. The lowest BCUT2D eigenvalue weighted by atomic mass is 10.0. The van der Waals surface area contributed by atoms with Gasteiger partial charge in [0, 0.05) is 23.9 Å². The number of hydrogen-bond donors (Lipinski definition) is 1. The fraction of sp³-hybridized carbons (Fsp3) is 0.154. The molecule has 0 bridgehead atoms. The highest BCUT2D eigenvalue weighted by Gasteiger charge is 2.30. The highest BCUT2D eigenvalue weighted by molar-refractivity contribution is 6.05. The molecule has 7 nitrogen and oxygen atoms in total. The number of rotatable bonds is 6. The van der Waals surface area contributed by atoms with Crippen LogP contribution >= 0.6 is 0 Å². The predicted octanol–water partition coefficient (Wildman–Crippen LogP) is 5.51. The summed E-state index contributed by atoms with van der Waals surface area (Å²) in [5.41, 5.74) is 2.15. The lowest BCUT2D eigenvalue weighted by molar-refractivity contribution is -0.137. The molecular formula is C26H20F3N5O2. The lowest BCUT2D eigenvalue weighted by Crippen LogP contribution is -2.13. The molecule has 1 N–H and O–H groups in total. The van der Waals surface area contributed by atoms with Crippen LogP contribution in [0.1, 0.15) is 32.9 Å². The normalized spacial score (nSPS) is 11.1. The Morgan fingerprint density at radius 3 is 2.50 bits per heavy atom. The van der Waals surface area contributed by atoms with E-state index in [0.29, 0.717) is 34.0 Å². The Morgan fingerprint density at radius 1 is 1.08 bits per heavy atom. The number of nitrogens with one attached hydrogen (secondary N) is 1. The molecule has 36 heavy (non-hydrogen) atoms. The molecule has 0 spiro atoms. The maximum Gasteiger partial charge on any atom is 0.416 e. The van der Waals surface area contributed by atoms with E-state index in [1.165, 1.54) is 12.1 Å². The molecule has 182 valence electrons. The Labute approximate surface area is 204 Å². The van der Waals surface area contributed by atoms with Gasteiger partial charge in [0.2, 0.25) is 0 Å². The number of carbonyl (C=O) groups excluding carboxylic acids is 1. The Bertz CT molecular complexity index is 1450. The first-order valence-corrected chi connectivity index (χ1v) is 10.8. The van der Waals surface area contributed by atoms with Gasteiger partial charge in [-0.2, -0.15) is 18.4 Å². The summed E-state index contributed by atoms with van der Waals surface area (Å²) in [5.74, 6) is 0.735. The van der Waals surface area contributed by atoms with Gasteiger partial charge in [0.25, 0.3) is 5.91 Å². The maximum atomic E-state index is 12.9. The van der Waals surface area contributed by atoms with Crippen molar-refractivity contribution >= 4 is 11.6 Å². The number of alkyl halides is 3. The summed E-state index contributed by atoms with van der Waals surface area (Å²) >= 11 is 0. The van der Waals surface area contributed by atoms with Crippen molar-refractivity contribution in [1.29, 1.82) is 5.26 Å². The minimum Gasteiger partial charge on any atom is -0.486 e. The van der Waals surface area contributed by atoms with Crippen molar-refractivity contribution in [2.24, 2.45) is 7.05 Å². The second-order valence-electron chi connectivity index (χ2n) is 7.99. The Hall–Kier alpha value is -4.65. The van der Waals surface area contributed by atoms with Crippen molar-refractivity contribution in [3.63, 3.8) is 0 Å². The summed E-state index contributed by atoms with van der Waals surface area (Å²) < 4.78 is 45.9. The number of nitriles is 1. The van der Waals surface area contributed by atoms with Crippen LogP contribution in [-0.2, 0) is 19.8 Å². The summed E-state index contributed by atoms with van der Waals surface area (Å²) in [4.78, 5) is 12.6. The third-order valence-corrected chi connectivity index (χ3v) is 5.50.